The molecule has 4 heteroatoms. The lowest BCUT2D eigenvalue weighted by molar-refractivity contribution is -0.384. The number of fused-ring (bicyclic) bond motifs is 3. The van der Waals surface area contributed by atoms with E-state index in [0.29, 0.717) is 5.92 Å². The molecule has 3 aromatic rings. The van der Waals surface area contributed by atoms with E-state index in [0.717, 1.165) is 12.2 Å². The van der Waals surface area contributed by atoms with E-state index in [2.05, 4.69) is 42.2 Å². The van der Waals surface area contributed by atoms with Gasteiger partial charge >= 0.3 is 0 Å². The maximum Gasteiger partial charge on any atom is 0.269 e. The van der Waals surface area contributed by atoms with Crippen LogP contribution in [0.25, 0.3) is 10.8 Å². The molecule has 3 aromatic carbocycles. The van der Waals surface area contributed by atoms with Gasteiger partial charge < -0.3 is 4.90 Å². The Hall–Kier alpha value is -2.88. The summed E-state index contributed by atoms with van der Waals surface area (Å²) in [7, 11) is 0. The van der Waals surface area contributed by atoms with E-state index in [4.69, 9.17) is 0 Å². The van der Waals surface area contributed by atoms with Gasteiger partial charge in [-0.1, -0.05) is 43.3 Å². The van der Waals surface area contributed by atoms with Crippen LogP contribution in [-0.2, 0) is 0 Å². The molecule has 114 valence electrons. The van der Waals surface area contributed by atoms with Gasteiger partial charge in [-0.25, -0.2) is 0 Å². The number of nitro groups is 1. The van der Waals surface area contributed by atoms with Crippen LogP contribution < -0.4 is 4.90 Å². The molecule has 4 nitrogen and oxygen atoms in total. The summed E-state index contributed by atoms with van der Waals surface area (Å²) in [6.45, 7) is 3.11. The Morgan fingerprint density at radius 2 is 1.78 bits per heavy atom. The minimum Gasteiger partial charge on any atom is -0.340 e. The molecule has 0 bridgehead atoms. The summed E-state index contributed by atoms with van der Waals surface area (Å²) < 4.78 is 0. The maximum absolute atomic E-state index is 10.9. The van der Waals surface area contributed by atoms with Crippen molar-refractivity contribution in [2.24, 2.45) is 0 Å². The van der Waals surface area contributed by atoms with Crippen molar-refractivity contribution in [1.82, 2.24) is 0 Å². The second-order valence-corrected chi connectivity index (χ2v) is 6.01. The SMILES string of the molecule is CC1CN(c2ccc([N+](=O)[O-])cc2)c2c1ccc1ccccc21. The fraction of sp³-hybridized carbons (Fsp3) is 0.158. The fourth-order valence-electron chi connectivity index (χ4n) is 3.42. The van der Waals surface area contributed by atoms with E-state index in [9.17, 15) is 10.1 Å². The van der Waals surface area contributed by atoms with E-state index in [1.165, 1.54) is 22.0 Å². The van der Waals surface area contributed by atoms with Crippen LogP contribution in [0, 0.1) is 10.1 Å². The van der Waals surface area contributed by atoms with E-state index in [1.807, 2.05) is 18.2 Å². The predicted octanol–water partition coefficient (Wildman–Crippen LogP) is 5.00. The third-order valence-corrected chi connectivity index (χ3v) is 4.56. The Balaban J connectivity index is 1.87. The molecule has 0 spiro atoms. The van der Waals surface area contributed by atoms with Crippen LogP contribution in [0.2, 0.25) is 0 Å². The molecule has 0 radical (unpaired) electrons. The normalized spacial score (nSPS) is 16.6. The maximum atomic E-state index is 10.9. The number of nitrogens with zero attached hydrogens (tertiary/aromatic N) is 2. The van der Waals surface area contributed by atoms with Crippen LogP contribution in [0.3, 0.4) is 0 Å². The number of nitro benzene ring substituents is 1. The van der Waals surface area contributed by atoms with Gasteiger partial charge in [0, 0.05) is 35.7 Å². The first kappa shape index (κ1) is 13.8. The summed E-state index contributed by atoms with van der Waals surface area (Å²) in [5, 5.41) is 13.3. The summed E-state index contributed by atoms with van der Waals surface area (Å²) in [6.07, 6.45) is 0. The second kappa shape index (κ2) is 5.09. The zero-order chi connectivity index (χ0) is 16.0. The average Bonchev–Trinajstić information content (AvgIpc) is 2.92. The van der Waals surface area contributed by atoms with Crippen molar-refractivity contribution in [1.29, 1.82) is 0 Å². The smallest absolute Gasteiger partial charge is 0.269 e. The van der Waals surface area contributed by atoms with Crippen LogP contribution in [-0.4, -0.2) is 11.5 Å². The quantitative estimate of drug-likeness (QED) is 0.494. The molecule has 1 unspecified atom stereocenters. The number of hydrogen-bond acceptors (Lipinski definition) is 3. The first-order chi connectivity index (χ1) is 11.1. The molecule has 0 amide bonds. The number of rotatable bonds is 2. The van der Waals surface area contributed by atoms with Crippen LogP contribution in [0.1, 0.15) is 18.4 Å². The summed E-state index contributed by atoms with van der Waals surface area (Å²) >= 11 is 0. The molecule has 4 rings (SSSR count). The van der Waals surface area contributed by atoms with E-state index in [1.54, 1.807) is 12.1 Å². The molecule has 0 aromatic heterocycles. The number of benzene rings is 3. The lowest BCUT2D eigenvalue weighted by atomic mass is 9.99. The molecule has 1 aliphatic heterocycles. The van der Waals surface area contributed by atoms with Crippen LogP contribution >= 0.6 is 0 Å². The Morgan fingerprint density at radius 3 is 2.52 bits per heavy atom. The van der Waals surface area contributed by atoms with Gasteiger partial charge in [0.25, 0.3) is 5.69 Å². The molecule has 0 fully saturated rings. The van der Waals surface area contributed by atoms with Crippen molar-refractivity contribution in [2.75, 3.05) is 11.4 Å². The van der Waals surface area contributed by atoms with Gasteiger partial charge in [-0.05, 0) is 23.1 Å². The first-order valence-corrected chi connectivity index (χ1v) is 7.69. The molecular weight excluding hydrogens is 288 g/mol. The highest BCUT2D eigenvalue weighted by Gasteiger charge is 2.28. The minimum atomic E-state index is -0.361. The zero-order valence-corrected chi connectivity index (χ0v) is 12.8. The van der Waals surface area contributed by atoms with Crippen molar-refractivity contribution < 1.29 is 4.92 Å². The number of non-ortho nitro benzene ring substituents is 1. The van der Waals surface area contributed by atoms with Gasteiger partial charge in [0.05, 0.1) is 10.6 Å². The highest BCUT2D eigenvalue weighted by Crippen LogP contribution is 2.45. The standard InChI is InChI=1S/C19H16N2O2/c1-13-12-20(15-7-9-16(10-8-15)21(22)23)19-17(13)11-6-14-4-2-3-5-18(14)19/h2-11,13H,12H2,1H3. The number of hydrogen-bond donors (Lipinski definition) is 0. The van der Waals surface area contributed by atoms with Gasteiger partial charge in [0.1, 0.15) is 0 Å². The lowest BCUT2D eigenvalue weighted by Crippen LogP contribution is -2.14. The largest absolute Gasteiger partial charge is 0.340 e. The zero-order valence-electron chi connectivity index (χ0n) is 12.8. The molecule has 0 aliphatic carbocycles. The van der Waals surface area contributed by atoms with Crippen LogP contribution in [0.4, 0.5) is 17.1 Å². The van der Waals surface area contributed by atoms with E-state index in [-0.39, 0.29) is 10.6 Å². The fourth-order valence-corrected chi connectivity index (χ4v) is 3.42. The van der Waals surface area contributed by atoms with Gasteiger partial charge in [-0.2, -0.15) is 0 Å². The van der Waals surface area contributed by atoms with Crippen molar-refractivity contribution >= 4 is 27.8 Å². The summed E-state index contributed by atoms with van der Waals surface area (Å²) in [6, 6.07) is 19.5. The Morgan fingerprint density at radius 1 is 1.04 bits per heavy atom. The van der Waals surface area contributed by atoms with Crippen molar-refractivity contribution in [2.45, 2.75) is 12.8 Å². The monoisotopic (exact) mass is 304 g/mol. The van der Waals surface area contributed by atoms with Crippen molar-refractivity contribution in [3.63, 3.8) is 0 Å². The Kier molecular flexibility index (Phi) is 3.05. The van der Waals surface area contributed by atoms with Gasteiger partial charge in [-0.15, -0.1) is 0 Å². The van der Waals surface area contributed by atoms with E-state index < -0.39 is 0 Å². The molecule has 0 saturated heterocycles. The summed E-state index contributed by atoms with van der Waals surface area (Å²) in [5.74, 6) is 0.435. The molecule has 23 heavy (non-hydrogen) atoms. The van der Waals surface area contributed by atoms with Gasteiger partial charge in [0.15, 0.2) is 0 Å². The molecule has 1 atom stereocenters. The highest BCUT2D eigenvalue weighted by molar-refractivity contribution is 5.99. The highest BCUT2D eigenvalue weighted by atomic mass is 16.6. The third-order valence-electron chi connectivity index (χ3n) is 4.56. The van der Waals surface area contributed by atoms with Gasteiger partial charge in [-0.3, -0.25) is 10.1 Å². The molecule has 0 N–H and O–H groups in total. The lowest BCUT2D eigenvalue weighted by Gasteiger charge is -2.21. The topological polar surface area (TPSA) is 46.4 Å². The van der Waals surface area contributed by atoms with Crippen molar-refractivity contribution in [3.05, 3.63) is 76.3 Å². The minimum absolute atomic E-state index is 0.124. The molecule has 0 saturated carbocycles. The molecule has 1 heterocycles. The van der Waals surface area contributed by atoms with Gasteiger partial charge in [0.2, 0.25) is 0 Å². The third kappa shape index (κ3) is 2.14. The second-order valence-electron chi connectivity index (χ2n) is 6.01. The Labute approximate surface area is 134 Å². The average molecular weight is 304 g/mol. The molecular formula is C19H16N2O2. The van der Waals surface area contributed by atoms with Crippen LogP contribution in [0.5, 0.6) is 0 Å². The van der Waals surface area contributed by atoms with E-state index >= 15 is 0 Å². The summed E-state index contributed by atoms with van der Waals surface area (Å²) in [5.41, 5.74) is 3.68. The van der Waals surface area contributed by atoms with Crippen molar-refractivity contribution in [3.8, 4) is 0 Å². The number of anilines is 2. The van der Waals surface area contributed by atoms with Crippen LogP contribution in [0.15, 0.2) is 60.7 Å². The first-order valence-electron chi connectivity index (χ1n) is 7.69. The predicted molar refractivity (Wildman–Crippen MR) is 92.5 cm³/mol. The molecule has 1 aliphatic rings. The summed E-state index contributed by atoms with van der Waals surface area (Å²) in [4.78, 5) is 12.8. The Bertz CT molecular complexity index is 903.